The predicted molar refractivity (Wildman–Crippen MR) is 114 cm³/mol. The SMILES string of the molecule is COC(=O)c1cc(NC(=O)CCc2c(C)nc3c4ccccc4nn3c2C)cn1C. The number of esters is 1. The van der Waals surface area contributed by atoms with Crippen LogP contribution in [0, 0.1) is 13.8 Å². The molecule has 0 saturated carbocycles. The fourth-order valence-electron chi connectivity index (χ4n) is 3.74. The number of nitrogens with zero attached hydrogens (tertiary/aromatic N) is 4. The molecule has 1 aromatic carbocycles. The molecular weight excluding hydrogens is 382 g/mol. The predicted octanol–water partition coefficient (Wildman–Crippen LogP) is 3.20. The lowest BCUT2D eigenvalue weighted by molar-refractivity contribution is -0.116. The molecule has 4 aromatic rings. The summed E-state index contributed by atoms with van der Waals surface area (Å²) in [5.41, 5.74) is 5.54. The number of rotatable bonds is 5. The molecule has 4 rings (SSSR count). The second-order valence-electron chi connectivity index (χ2n) is 7.28. The highest BCUT2D eigenvalue weighted by Crippen LogP contribution is 2.23. The van der Waals surface area contributed by atoms with Crippen LogP contribution in [0.3, 0.4) is 0 Å². The van der Waals surface area contributed by atoms with Gasteiger partial charge in [0.15, 0.2) is 5.65 Å². The van der Waals surface area contributed by atoms with E-state index in [1.165, 1.54) is 7.11 Å². The van der Waals surface area contributed by atoms with E-state index >= 15 is 0 Å². The summed E-state index contributed by atoms with van der Waals surface area (Å²) < 4.78 is 8.21. The second kappa shape index (κ2) is 7.62. The molecule has 0 aliphatic rings. The van der Waals surface area contributed by atoms with Crippen LogP contribution in [0.4, 0.5) is 5.69 Å². The molecule has 0 atom stereocenters. The lowest BCUT2D eigenvalue weighted by atomic mass is 10.1. The highest BCUT2D eigenvalue weighted by Gasteiger charge is 2.16. The molecule has 0 spiro atoms. The average Bonchev–Trinajstić information content (AvgIpc) is 3.27. The van der Waals surface area contributed by atoms with E-state index in [0.29, 0.717) is 17.8 Å². The second-order valence-corrected chi connectivity index (χ2v) is 7.28. The van der Waals surface area contributed by atoms with Gasteiger partial charge in [-0.05, 0) is 44.0 Å². The van der Waals surface area contributed by atoms with E-state index < -0.39 is 5.97 Å². The molecule has 1 amide bonds. The van der Waals surface area contributed by atoms with Gasteiger partial charge in [-0.15, -0.1) is 0 Å². The van der Waals surface area contributed by atoms with E-state index in [9.17, 15) is 9.59 Å². The van der Waals surface area contributed by atoms with E-state index in [1.807, 2.05) is 42.6 Å². The summed E-state index contributed by atoms with van der Waals surface area (Å²) in [6.45, 7) is 3.96. The van der Waals surface area contributed by atoms with Crippen molar-refractivity contribution >= 4 is 34.1 Å². The third kappa shape index (κ3) is 3.41. The van der Waals surface area contributed by atoms with Crippen LogP contribution in [0.2, 0.25) is 0 Å². The molecule has 3 aromatic heterocycles. The van der Waals surface area contributed by atoms with Gasteiger partial charge in [0.1, 0.15) is 5.69 Å². The maximum atomic E-state index is 12.5. The van der Waals surface area contributed by atoms with E-state index in [-0.39, 0.29) is 12.3 Å². The van der Waals surface area contributed by atoms with Crippen LogP contribution in [0.15, 0.2) is 36.5 Å². The van der Waals surface area contributed by atoms with Crippen LogP contribution in [0.5, 0.6) is 0 Å². The quantitative estimate of drug-likeness (QED) is 0.515. The monoisotopic (exact) mass is 405 g/mol. The zero-order valence-electron chi connectivity index (χ0n) is 17.4. The number of ether oxygens (including phenoxy) is 1. The van der Waals surface area contributed by atoms with Crippen molar-refractivity contribution in [2.75, 3.05) is 12.4 Å². The summed E-state index contributed by atoms with van der Waals surface area (Å²) >= 11 is 0. The van der Waals surface area contributed by atoms with Crippen molar-refractivity contribution in [3.8, 4) is 0 Å². The molecule has 0 aliphatic heterocycles. The van der Waals surface area contributed by atoms with Crippen molar-refractivity contribution in [2.45, 2.75) is 26.7 Å². The van der Waals surface area contributed by atoms with E-state index in [1.54, 1.807) is 23.9 Å². The third-order valence-corrected chi connectivity index (χ3v) is 5.30. The first-order chi connectivity index (χ1) is 14.4. The van der Waals surface area contributed by atoms with Crippen LogP contribution in [0.25, 0.3) is 16.6 Å². The number of methoxy groups -OCH3 is 1. The van der Waals surface area contributed by atoms with Gasteiger partial charge in [-0.25, -0.2) is 14.3 Å². The number of benzene rings is 1. The zero-order chi connectivity index (χ0) is 21.4. The lowest BCUT2D eigenvalue weighted by Crippen LogP contribution is -2.14. The smallest absolute Gasteiger partial charge is 0.354 e. The number of carbonyl (C=O) groups excluding carboxylic acids is 2. The molecule has 8 heteroatoms. The number of hydrogen-bond donors (Lipinski definition) is 1. The minimum atomic E-state index is -0.449. The molecule has 30 heavy (non-hydrogen) atoms. The first-order valence-corrected chi connectivity index (χ1v) is 9.67. The van der Waals surface area contributed by atoms with Crippen molar-refractivity contribution in [2.24, 2.45) is 7.05 Å². The Labute approximate surface area is 173 Å². The Kier molecular flexibility index (Phi) is 4.99. The van der Waals surface area contributed by atoms with Gasteiger partial charge >= 0.3 is 5.97 Å². The van der Waals surface area contributed by atoms with Crippen molar-refractivity contribution in [1.29, 1.82) is 0 Å². The van der Waals surface area contributed by atoms with Crippen molar-refractivity contribution in [1.82, 2.24) is 19.2 Å². The van der Waals surface area contributed by atoms with E-state index in [4.69, 9.17) is 9.72 Å². The number of aryl methyl sites for hydroxylation is 3. The Bertz CT molecular complexity index is 1290. The topological polar surface area (TPSA) is 90.5 Å². The molecule has 0 bridgehead atoms. The van der Waals surface area contributed by atoms with Gasteiger partial charge in [-0.3, -0.25) is 4.79 Å². The standard InChI is InChI=1S/C22H23N5O3/c1-13-16(14(2)27-21(23-13)17-7-5-6-8-18(17)25-27)9-10-20(28)24-15-11-19(22(29)30-4)26(3)12-15/h5-8,11-12H,9-10H2,1-4H3,(H,24,28). The third-order valence-electron chi connectivity index (χ3n) is 5.30. The molecule has 0 radical (unpaired) electrons. The van der Waals surface area contributed by atoms with Gasteiger partial charge in [-0.2, -0.15) is 5.10 Å². The molecule has 8 nitrogen and oxygen atoms in total. The molecule has 154 valence electrons. The van der Waals surface area contributed by atoms with Crippen LogP contribution in [0.1, 0.15) is 33.9 Å². The van der Waals surface area contributed by atoms with Crippen molar-refractivity contribution in [3.63, 3.8) is 0 Å². The maximum Gasteiger partial charge on any atom is 0.354 e. The van der Waals surface area contributed by atoms with Gasteiger partial charge in [0.25, 0.3) is 0 Å². The Hall–Kier alpha value is -3.68. The highest BCUT2D eigenvalue weighted by molar-refractivity contribution is 5.94. The normalized spacial score (nSPS) is 11.2. The highest BCUT2D eigenvalue weighted by atomic mass is 16.5. The minimum Gasteiger partial charge on any atom is -0.464 e. The Balaban J connectivity index is 1.53. The molecule has 0 fully saturated rings. The summed E-state index contributed by atoms with van der Waals surface area (Å²) in [6.07, 6.45) is 2.51. The first kappa shape index (κ1) is 19.6. The zero-order valence-corrected chi connectivity index (χ0v) is 17.4. The van der Waals surface area contributed by atoms with Gasteiger partial charge < -0.3 is 14.6 Å². The average molecular weight is 405 g/mol. The number of amides is 1. The lowest BCUT2D eigenvalue weighted by Gasteiger charge is -2.11. The number of hydrogen-bond acceptors (Lipinski definition) is 5. The number of anilines is 1. The van der Waals surface area contributed by atoms with Crippen LogP contribution < -0.4 is 5.32 Å². The fourth-order valence-corrected chi connectivity index (χ4v) is 3.74. The largest absolute Gasteiger partial charge is 0.464 e. The number of fused-ring (bicyclic) bond motifs is 3. The summed E-state index contributed by atoms with van der Waals surface area (Å²) in [7, 11) is 3.05. The molecule has 3 heterocycles. The molecule has 0 saturated heterocycles. The van der Waals surface area contributed by atoms with Gasteiger partial charge in [0.05, 0.1) is 18.3 Å². The Morgan fingerprint density at radius 1 is 1.20 bits per heavy atom. The maximum absolute atomic E-state index is 12.5. The molecule has 1 N–H and O–H groups in total. The van der Waals surface area contributed by atoms with Gasteiger partial charge in [0.2, 0.25) is 5.91 Å². The van der Waals surface area contributed by atoms with E-state index in [0.717, 1.165) is 33.5 Å². The molecule has 0 unspecified atom stereocenters. The van der Waals surface area contributed by atoms with Crippen molar-refractivity contribution < 1.29 is 14.3 Å². The number of nitrogens with one attached hydrogen (secondary N) is 1. The van der Waals surface area contributed by atoms with E-state index in [2.05, 4.69) is 10.4 Å². The molecular formula is C22H23N5O3. The Morgan fingerprint density at radius 3 is 2.73 bits per heavy atom. The van der Waals surface area contributed by atoms with Gasteiger partial charge in [0, 0.05) is 36.4 Å². The van der Waals surface area contributed by atoms with Crippen LogP contribution in [-0.4, -0.2) is 38.2 Å². The number of aromatic nitrogens is 4. The summed E-state index contributed by atoms with van der Waals surface area (Å²) in [5.74, 6) is -0.586. The summed E-state index contributed by atoms with van der Waals surface area (Å²) in [4.78, 5) is 29.0. The summed E-state index contributed by atoms with van der Waals surface area (Å²) in [5, 5.41) is 8.51. The Morgan fingerprint density at radius 2 is 1.97 bits per heavy atom. The van der Waals surface area contributed by atoms with Crippen LogP contribution in [-0.2, 0) is 23.0 Å². The minimum absolute atomic E-state index is 0.137. The van der Waals surface area contributed by atoms with Crippen molar-refractivity contribution in [3.05, 3.63) is 59.2 Å². The molecule has 0 aliphatic carbocycles. The van der Waals surface area contributed by atoms with Crippen LogP contribution >= 0.6 is 0 Å². The number of carbonyl (C=O) groups is 2. The summed E-state index contributed by atoms with van der Waals surface area (Å²) in [6, 6.07) is 9.51. The van der Waals surface area contributed by atoms with Gasteiger partial charge in [-0.1, -0.05) is 12.1 Å². The first-order valence-electron chi connectivity index (χ1n) is 9.67. The fraction of sp³-hybridized carbons (Fsp3) is 0.273.